The lowest BCUT2D eigenvalue weighted by Crippen LogP contribution is -2.28. The van der Waals surface area contributed by atoms with Crippen molar-refractivity contribution in [2.45, 2.75) is 37.1 Å². The second kappa shape index (κ2) is 14.2. The maximum absolute atomic E-state index is 13.8. The van der Waals surface area contributed by atoms with E-state index in [4.69, 9.17) is 14.3 Å². The number of aryl methyl sites for hydroxylation is 1. The molecule has 2 aromatic heterocycles. The van der Waals surface area contributed by atoms with Gasteiger partial charge in [0.2, 0.25) is 0 Å². The van der Waals surface area contributed by atoms with Crippen LogP contribution in [0.25, 0.3) is 0 Å². The fourth-order valence-electron chi connectivity index (χ4n) is 5.16. The van der Waals surface area contributed by atoms with E-state index < -0.39 is 6.04 Å². The number of hydrogen-bond donors (Lipinski definition) is 1. The van der Waals surface area contributed by atoms with E-state index in [9.17, 15) is 14.0 Å². The third-order valence-electron chi connectivity index (χ3n) is 7.58. The summed E-state index contributed by atoms with van der Waals surface area (Å²) in [4.78, 5) is 26.3. The van der Waals surface area contributed by atoms with Crippen LogP contribution < -0.4 is 10.1 Å². The fourth-order valence-corrected chi connectivity index (χ4v) is 5.99. The van der Waals surface area contributed by atoms with E-state index in [0.29, 0.717) is 30.4 Å². The van der Waals surface area contributed by atoms with Crippen molar-refractivity contribution in [1.29, 1.82) is 0 Å². The SMILES string of the molecule is COc1ccc(C2=NN(C(=O)CSc3nnc(CNC(=O)c4ccco4)n3CCc3ccccc3)[C@H](c3ccc(F)cc3)C2)cc1. The molecule has 0 aliphatic carbocycles. The quantitative estimate of drug-likeness (QED) is 0.175. The number of ether oxygens (including phenoxy) is 1. The molecule has 0 saturated carbocycles. The van der Waals surface area contributed by atoms with Crippen LogP contribution in [0.1, 0.15) is 45.5 Å². The lowest BCUT2D eigenvalue weighted by molar-refractivity contribution is -0.130. The van der Waals surface area contributed by atoms with E-state index in [0.717, 1.165) is 28.2 Å². The van der Waals surface area contributed by atoms with Gasteiger partial charge in [0.1, 0.15) is 11.6 Å². The average Bonchev–Trinajstić information content (AvgIpc) is 3.87. The Morgan fingerprint density at radius 1 is 1.00 bits per heavy atom. The summed E-state index contributed by atoms with van der Waals surface area (Å²) < 4.78 is 26.2. The summed E-state index contributed by atoms with van der Waals surface area (Å²) in [6, 6.07) is 26.5. The van der Waals surface area contributed by atoms with E-state index in [1.807, 2.05) is 59.2 Å². The number of amides is 2. The van der Waals surface area contributed by atoms with Crippen LogP contribution in [0.15, 0.2) is 112 Å². The summed E-state index contributed by atoms with van der Waals surface area (Å²) in [5.41, 5.74) is 3.54. The Hall–Kier alpha value is -5.23. The number of carbonyl (C=O) groups is 2. The Bertz CT molecular complexity index is 1810. The van der Waals surface area contributed by atoms with Gasteiger partial charge in [-0.05, 0) is 71.6 Å². The van der Waals surface area contributed by atoms with Gasteiger partial charge in [0.05, 0.1) is 37.4 Å². The van der Waals surface area contributed by atoms with Gasteiger partial charge >= 0.3 is 0 Å². The van der Waals surface area contributed by atoms with E-state index >= 15 is 0 Å². The molecule has 0 fully saturated rings. The molecule has 1 N–H and O–H groups in total. The smallest absolute Gasteiger partial charge is 0.287 e. The number of thioether (sulfide) groups is 1. The summed E-state index contributed by atoms with van der Waals surface area (Å²) in [6.07, 6.45) is 2.61. The van der Waals surface area contributed by atoms with Crippen molar-refractivity contribution in [3.63, 3.8) is 0 Å². The predicted octanol–water partition coefficient (Wildman–Crippen LogP) is 5.66. The summed E-state index contributed by atoms with van der Waals surface area (Å²) in [7, 11) is 1.60. The molecule has 234 valence electrons. The minimum Gasteiger partial charge on any atom is -0.497 e. The van der Waals surface area contributed by atoms with Crippen LogP contribution in [0.2, 0.25) is 0 Å². The Kier molecular flexibility index (Phi) is 9.54. The second-order valence-electron chi connectivity index (χ2n) is 10.5. The number of halogens is 1. The van der Waals surface area contributed by atoms with E-state index in [2.05, 4.69) is 15.5 Å². The first-order valence-electron chi connectivity index (χ1n) is 14.7. The third kappa shape index (κ3) is 7.18. The van der Waals surface area contributed by atoms with Crippen LogP contribution in [0.5, 0.6) is 5.75 Å². The van der Waals surface area contributed by atoms with E-state index in [1.165, 1.54) is 35.2 Å². The molecule has 12 heteroatoms. The minimum absolute atomic E-state index is 0.0410. The van der Waals surface area contributed by atoms with Crippen LogP contribution in [-0.4, -0.2) is 50.2 Å². The lowest BCUT2D eigenvalue weighted by Gasteiger charge is -2.22. The monoisotopic (exact) mass is 638 g/mol. The third-order valence-corrected chi connectivity index (χ3v) is 8.53. The standard InChI is InChI=1S/C34H31FN6O4S/c1-44-27-15-11-24(12-16-27)28-20-29(25-9-13-26(35)14-10-25)41(39-28)32(42)22-46-34-38-37-31(21-36-33(43)30-8-5-19-45-30)40(34)18-17-23-6-3-2-4-7-23/h2-16,19,29H,17-18,20-22H2,1H3,(H,36,43)/t29-/m0/s1. The van der Waals surface area contributed by atoms with Gasteiger partial charge in [-0.25, -0.2) is 9.40 Å². The zero-order valence-electron chi connectivity index (χ0n) is 25.0. The lowest BCUT2D eigenvalue weighted by atomic mass is 9.98. The number of methoxy groups -OCH3 is 1. The number of nitrogens with one attached hydrogen (secondary N) is 1. The van der Waals surface area contributed by atoms with Gasteiger partial charge in [0.25, 0.3) is 11.8 Å². The van der Waals surface area contributed by atoms with Crippen molar-refractivity contribution in [2.24, 2.45) is 5.10 Å². The molecule has 5 aromatic rings. The first kappa shape index (κ1) is 30.8. The highest BCUT2D eigenvalue weighted by molar-refractivity contribution is 7.99. The molecule has 1 aliphatic rings. The van der Waals surface area contributed by atoms with Crippen molar-refractivity contribution in [1.82, 2.24) is 25.1 Å². The number of hydrazone groups is 1. The average molecular weight is 639 g/mol. The van der Waals surface area contributed by atoms with Crippen molar-refractivity contribution in [3.8, 4) is 5.75 Å². The highest BCUT2D eigenvalue weighted by Crippen LogP contribution is 2.34. The molecule has 0 bridgehead atoms. The molecule has 0 radical (unpaired) electrons. The minimum atomic E-state index is -0.394. The van der Waals surface area contributed by atoms with Crippen molar-refractivity contribution in [3.05, 3.63) is 131 Å². The number of furan rings is 1. The van der Waals surface area contributed by atoms with Crippen LogP contribution in [0.3, 0.4) is 0 Å². The molecule has 1 atom stereocenters. The Balaban J connectivity index is 1.21. The maximum atomic E-state index is 13.8. The summed E-state index contributed by atoms with van der Waals surface area (Å²) in [5, 5.41) is 18.3. The largest absolute Gasteiger partial charge is 0.497 e. The predicted molar refractivity (Wildman–Crippen MR) is 171 cm³/mol. The maximum Gasteiger partial charge on any atom is 0.287 e. The summed E-state index contributed by atoms with van der Waals surface area (Å²) in [6.45, 7) is 0.672. The number of aromatic nitrogens is 3. The molecule has 0 spiro atoms. The van der Waals surface area contributed by atoms with Gasteiger partial charge in [-0.2, -0.15) is 5.10 Å². The van der Waals surface area contributed by atoms with Gasteiger partial charge in [-0.1, -0.05) is 54.2 Å². The van der Waals surface area contributed by atoms with Gasteiger partial charge in [-0.15, -0.1) is 10.2 Å². The number of nitrogens with zero attached hydrogens (tertiary/aromatic N) is 5. The Morgan fingerprint density at radius 3 is 2.50 bits per heavy atom. The number of carbonyl (C=O) groups excluding carboxylic acids is 2. The second-order valence-corrected chi connectivity index (χ2v) is 11.5. The summed E-state index contributed by atoms with van der Waals surface area (Å²) >= 11 is 1.25. The van der Waals surface area contributed by atoms with Crippen molar-refractivity contribution < 1.29 is 23.1 Å². The topological polar surface area (TPSA) is 115 Å². The van der Waals surface area contributed by atoms with Crippen LogP contribution in [0.4, 0.5) is 4.39 Å². The molecule has 3 heterocycles. The Morgan fingerprint density at radius 2 is 1.78 bits per heavy atom. The number of benzene rings is 3. The highest BCUT2D eigenvalue weighted by Gasteiger charge is 2.33. The molecule has 0 unspecified atom stereocenters. The van der Waals surface area contributed by atoms with E-state index in [-0.39, 0.29) is 35.7 Å². The van der Waals surface area contributed by atoms with Crippen LogP contribution >= 0.6 is 11.8 Å². The molecule has 0 saturated heterocycles. The Labute approximate surface area is 269 Å². The van der Waals surface area contributed by atoms with Gasteiger partial charge < -0.3 is 19.0 Å². The van der Waals surface area contributed by atoms with Crippen molar-refractivity contribution >= 4 is 29.3 Å². The first-order chi connectivity index (χ1) is 22.5. The molecule has 1 aliphatic heterocycles. The fraction of sp³-hybridized carbons (Fsp3) is 0.206. The number of rotatable bonds is 12. The molecule has 6 rings (SSSR count). The van der Waals surface area contributed by atoms with Gasteiger partial charge in [-0.3, -0.25) is 9.59 Å². The van der Waals surface area contributed by atoms with Gasteiger partial charge in [0.15, 0.2) is 16.7 Å². The van der Waals surface area contributed by atoms with Crippen LogP contribution in [0, 0.1) is 5.82 Å². The van der Waals surface area contributed by atoms with E-state index in [1.54, 1.807) is 31.4 Å². The number of hydrogen-bond acceptors (Lipinski definition) is 8. The first-order valence-corrected chi connectivity index (χ1v) is 15.7. The molecular formula is C34H31FN6O4S. The molecule has 10 nitrogen and oxygen atoms in total. The normalized spacial score (nSPS) is 14.3. The highest BCUT2D eigenvalue weighted by atomic mass is 32.2. The van der Waals surface area contributed by atoms with Gasteiger partial charge in [0, 0.05) is 13.0 Å². The zero-order valence-corrected chi connectivity index (χ0v) is 25.8. The molecule has 3 aromatic carbocycles. The molecule has 46 heavy (non-hydrogen) atoms. The van der Waals surface area contributed by atoms with Crippen LogP contribution in [-0.2, 0) is 24.3 Å². The van der Waals surface area contributed by atoms with Crippen molar-refractivity contribution in [2.75, 3.05) is 12.9 Å². The zero-order chi connectivity index (χ0) is 31.9. The molecule has 2 amide bonds. The summed E-state index contributed by atoms with van der Waals surface area (Å²) in [5.74, 6) is 0.573. The molecular weight excluding hydrogens is 607 g/mol.